The van der Waals surface area contributed by atoms with Gasteiger partial charge < -0.3 is 14.4 Å². The maximum atomic E-state index is 13.7. The molecular weight excluding hydrogens is 467 g/mol. The van der Waals surface area contributed by atoms with Gasteiger partial charge in [-0.3, -0.25) is 9.78 Å². The van der Waals surface area contributed by atoms with Gasteiger partial charge in [-0.2, -0.15) is 0 Å². The molecule has 1 aliphatic rings. The van der Waals surface area contributed by atoms with Crippen LogP contribution in [0.1, 0.15) is 34.3 Å². The van der Waals surface area contributed by atoms with E-state index >= 15 is 0 Å². The molecule has 0 spiro atoms. The van der Waals surface area contributed by atoms with Crippen molar-refractivity contribution in [3.8, 4) is 16.9 Å². The first-order valence-corrected chi connectivity index (χ1v) is 12.5. The summed E-state index contributed by atoms with van der Waals surface area (Å²) in [7, 11) is 0. The fourth-order valence-electron chi connectivity index (χ4n) is 4.44. The van der Waals surface area contributed by atoms with Crippen LogP contribution >= 0.6 is 0 Å². The SMILES string of the molecule is O=C(c1cccc(-c2ccc(F)cc2)c1)N(Cc1ccc(OCC2CCCO2)cc1)Cc1cccnc1. The minimum absolute atomic E-state index is 0.0912. The van der Waals surface area contributed by atoms with E-state index in [9.17, 15) is 9.18 Å². The number of rotatable bonds is 9. The smallest absolute Gasteiger partial charge is 0.254 e. The first-order valence-electron chi connectivity index (χ1n) is 12.5. The summed E-state index contributed by atoms with van der Waals surface area (Å²) in [4.78, 5) is 19.7. The number of halogens is 1. The normalized spacial score (nSPS) is 14.9. The molecule has 37 heavy (non-hydrogen) atoms. The number of hydrogen-bond donors (Lipinski definition) is 0. The Morgan fingerprint density at radius 1 is 0.946 bits per heavy atom. The van der Waals surface area contributed by atoms with Crippen molar-refractivity contribution in [2.45, 2.75) is 32.0 Å². The van der Waals surface area contributed by atoms with Crippen LogP contribution in [0, 0.1) is 5.82 Å². The molecule has 0 N–H and O–H groups in total. The number of hydrogen-bond acceptors (Lipinski definition) is 4. The topological polar surface area (TPSA) is 51.7 Å². The molecular formula is C31H29FN2O3. The van der Waals surface area contributed by atoms with Crippen LogP contribution in [0.25, 0.3) is 11.1 Å². The van der Waals surface area contributed by atoms with E-state index in [1.807, 2.05) is 65.6 Å². The molecule has 0 aliphatic carbocycles. The number of aromatic nitrogens is 1. The predicted octanol–water partition coefficient (Wildman–Crippen LogP) is 6.29. The van der Waals surface area contributed by atoms with Crippen molar-refractivity contribution < 1.29 is 18.7 Å². The van der Waals surface area contributed by atoms with Crippen LogP contribution in [0.4, 0.5) is 4.39 Å². The Morgan fingerprint density at radius 3 is 2.49 bits per heavy atom. The van der Waals surface area contributed by atoms with Gasteiger partial charge in [0.15, 0.2) is 0 Å². The van der Waals surface area contributed by atoms with E-state index in [-0.39, 0.29) is 17.8 Å². The molecule has 6 heteroatoms. The highest BCUT2D eigenvalue weighted by atomic mass is 19.1. The maximum Gasteiger partial charge on any atom is 0.254 e. The number of carbonyl (C=O) groups excluding carboxylic acids is 1. The molecule has 4 aromatic rings. The van der Waals surface area contributed by atoms with E-state index in [4.69, 9.17) is 9.47 Å². The van der Waals surface area contributed by atoms with E-state index in [1.54, 1.807) is 24.5 Å². The first kappa shape index (κ1) is 24.7. The summed E-state index contributed by atoms with van der Waals surface area (Å²) in [6.45, 7) is 2.21. The van der Waals surface area contributed by atoms with Crippen molar-refractivity contribution in [1.29, 1.82) is 0 Å². The van der Waals surface area contributed by atoms with Crippen molar-refractivity contribution >= 4 is 5.91 Å². The van der Waals surface area contributed by atoms with Gasteiger partial charge in [0.05, 0.1) is 6.10 Å². The highest BCUT2D eigenvalue weighted by Gasteiger charge is 2.19. The number of ether oxygens (including phenoxy) is 2. The van der Waals surface area contributed by atoms with E-state index in [0.717, 1.165) is 47.5 Å². The lowest BCUT2D eigenvalue weighted by Gasteiger charge is -2.23. The molecule has 5 rings (SSSR count). The molecule has 0 bridgehead atoms. The second kappa shape index (κ2) is 11.8. The fourth-order valence-corrected chi connectivity index (χ4v) is 4.44. The Morgan fingerprint density at radius 2 is 1.76 bits per heavy atom. The third-order valence-electron chi connectivity index (χ3n) is 6.43. The molecule has 3 aromatic carbocycles. The van der Waals surface area contributed by atoms with Gasteiger partial charge >= 0.3 is 0 Å². The molecule has 0 saturated carbocycles. The van der Waals surface area contributed by atoms with E-state index in [1.165, 1.54) is 12.1 Å². The lowest BCUT2D eigenvalue weighted by molar-refractivity contribution is 0.0679. The second-order valence-corrected chi connectivity index (χ2v) is 9.20. The summed E-state index contributed by atoms with van der Waals surface area (Å²) in [5.74, 6) is 0.407. The predicted molar refractivity (Wildman–Crippen MR) is 141 cm³/mol. The average molecular weight is 497 g/mol. The summed E-state index contributed by atoms with van der Waals surface area (Å²) in [6.07, 6.45) is 5.78. The van der Waals surface area contributed by atoms with Crippen molar-refractivity contribution in [3.05, 3.63) is 120 Å². The van der Waals surface area contributed by atoms with E-state index < -0.39 is 0 Å². The van der Waals surface area contributed by atoms with Crippen LogP contribution in [0.2, 0.25) is 0 Å². The largest absolute Gasteiger partial charge is 0.491 e. The Bertz CT molecular complexity index is 1300. The van der Waals surface area contributed by atoms with Crippen LogP contribution in [0.5, 0.6) is 5.75 Å². The molecule has 5 nitrogen and oxygen atoms in total. The van der Waals surface area contributed by atoms with Gasteiger partial charge in [0.2, 0.25) is 0 Å². The van der Waals surface area contributed by atoms with Gasteiger partial charge in [-0.05, 0) is 77.6 Å². The first-order chi connectivity index (χ1) is 18.1. The molecule has 188 valence electrons. The lowest BCUT2D eigenvalue weighted by atomic mass is 10.0. The van der Waals surface area contributed by atoms with E-state index in [2.05, 4.69) is 4.98 Å². The number of amides is 1. The van der Waals surface area contributed by atoms with Gasteiger partial charge in [0.25, 0.3) is 5.91 Å². The third-order valence-corrected chi connectivity index (χ3v) is 6.43. The Hall–Kier alpha value is -4.03. The van der Waals surface area contributed by atoms with Crippen molar-refractivity contribution in [2.24, 2.45) is 0 Å². The average Bonchev–Trinajstić information content (AvgIpc) is 3.47. The summed E-state index contributed by atoms with van der Waals surface area (Å²) < 4.78 is 24.9. The zero-order chi connectivity index (χ0) is 25.5. The Kier molecular flexibility index (Phi) is 7.87. The van der Waals surface area contributed by atoms with E-state index in [0.29, 0.717) is 25.3 Å². The van der Waals surface area contributed by atoms with Gasteiger partial charge in [-0.25, -0.2) is 4.39 Å². The van der Waals surface area contributed by atoms with Crippen LogP contribution in [-0.4, -0.2) is 35.1 Å². The Balaban J connectivity index is 1.33. The summed E-state index contributed by atoms with van der Waals surface area (Å²) in [5, 5.41) is 0. The van der Waals surface area contributed by atoms with Crippen LogP contribution < -0.4 is 4.74 Å². The molecule has 1 saturated heterocycles. The molecule has 1 atom stereocenters. The highest BCUT2D eigenvalue weighted by Crippen LogP contribution is 2.23. The minimum Gasteiger partial charge on any atom is -0.491 e. The number of nitrogens with zero attached hydrogens (tertiary/aromatic N) is 2. The molecule has 1 aromatic heterocycles. The highest BCUT2D eigenvalue weighted by molar-refractivity contribution is 5.95. The van der Waals surface area contributed by atoms with Gasteiger partial charge in [0, 0.05) is 37.7 Å². The number of benzene rings is 3. The van der Waals surface area contributed by atoms with Crippen molar-refractivity contribution in [1.82, 2.24) is 9.88 Å². The molecule has 1 amide bonds. The van der Waals surface area contributed by atoms with Gasteiger partial charge in [0.1, 0.15) is 18.2 Å². The molecule has 2 heterocycles. The molecule has 0 radical (unpaired) electrons. The monoisotopic (exact) mass is 496 g/mol. The Labute approximate surface area is 216 Å². The molecule has 1 fully saturated rings. The minimum atomic E-state index is -0.290. The van der Waals surface area contributed by atoms with Crippen LogP contribution in [0.15, 0.2) is 97.3 Å². The van der Waals surface area contributed by atoms with Crippen LogP contribution in [0.3, 0.4) is 0 Å². The number of pyridine rings is 1. The second-order valence-electron chi connectivity index (χ2n) is 9.20. The summed E-state index contributed by atoms with van der Waals surface area (Å²) in [6, 6.07) is 25.4. The summed E-state index contributed by atoms with van der Waals surface area (Å²) >= 11 is 0. The standard InChI is InChI=1S/C31H29FN2O3/c32-28-12-10-25(11-13-28)26-5-1-6-27(18-26)31(35)34(21-24-4-2-16-33-19-24)20-23-8-14-29(15-9-23)37-22-30-7-3-17-36-30/h1-2,4-6,8-16,18-19,30H,3,7,17,20-22H2. The van der Waals surface area contributed by atoms with Crippen LogP contribution in [-0.2, 0) is 17.8 Å². The zero-order valence-corrected chi connectivity index (χ0v) is 20.6. The quantitative estimate of drug-likeness (QED) is 0.273. The third kappa shape index (κ3) is 6.60. The van der Waals surface area contributed by atoms with Crippen molar-refractivity contribution in [2.75, 3.05) is 13.2 Å². The fraction of sp³-hybridized carbons (Fsp3) is 0.226. The van der Waals surface area contributed by atoms with Crippen molar-refractivity contribution in [3.63, 3.8) is 0 Å². The lowest BCUT2D eigenvalue weighted by Crippen LogP contribution is -2.30. The molecule has 1 unspecified atom stereocenters. The van der Waals surface area contributed by atoms with Gasteiger partial charge in [-0.15, -0.1) is 0 Å². The van der Waals surface area contributed by atoms with Gasteiger partial charge in [-0.1, -0.05) is 42.5 Å². The number of carbonyl (C=O) groups is 1. The zero-order valence-electron chi connectivity index (χ0n) is 20.6. The summed E-state index contributed by atoms with van der Waals surface area (Å²) in [5.41, 5.74) is 4.23. The molecule has 1 aliphatic heterocycles. The maximum absolute atomic E-state index is 13.7.